The molecule has 1 saturated carbocycles. The van der Waals surface area contributed by atoms with Gasteiger partial charge in [-0.2, -0.15) is 0 Å². The monoisotopic (exact) mass is 276 g/mol. The van der Waals surface area contributed by atoms with E-state index in [0.29, 0.717) is 18.0 Å². The molecule has 1 aliphatic rings. The van der Waals surface area contributed by atoms with Gasteiger partial charge in [-0.05, 0) is 45.3 Å². The van der Waals surface area contributed by atoms with Gasteiger partial charge in [-0.1, -0.05) is 31.0 Å². The number of methoxy groups -OCH3 is 1. The van der Waals surface area contributed by atoms with Gasteiger partial charge in [-0.3, -0.25) is 4.90 Å². The van der Waals surface area contributed by atoms with E-state index in [2.05, 4.69) is 31.0 Å². The van der Waals surface area contributed by atoms with Crippen LogP contribution in [0.25, 0.3) is 0 Å². The highest BCUT2D eigenvalue weighted by Crippen LogP contribution is 2.34. The van der Waals surface area contributed by atoms with E-state index < -0.39 is 0 Å². The summed E-state index contributed by atoms with van der Waals surface area (Å²) in [5.74, 6) is 1.61. The Kier molecular flexibility index (Phi) is 5.44. The van der Waals surface area contributed by atoms with E-state index in [1.165, 1.54) is 31.2 Å². The molecule has 0 bridgehead atoms. The van der Waals surface area contributed by atoms with Gasteiger partial charge in [-0.15, -0.1) is 0 Å². The van der Waals surface area contributed by atoms with Gasteiger partial charge in [0, 0.05) is 17.6 Å². The van der Waals surface area contributed by atoms with Gasteiger partial charge in [0.1, 0.15) is 5.75 Å². The fourth-order valence-corrected chi connectivity index (χ4v) is 3.52. The first kappa shape index (κ1) is 15.3. The number of nitrogens with two attached hydrogens (primary N) is 1. The predicted molar refractivity (Wildman–Crippen MR) is 84.0 cm³/mol. The zero-order valence-corrected chi connectivity index (χ0v) is 13.0. The molecule has 112 valence electrons. The van der Waals surface area contributed by atoms with Crippen molar-refractivity contribution in [3.8, 4) is 5.75 Å². The van der Waals surface area contributed by atoms with Crippen LogP contribution in [0, 0.1) is 5.92 Å². The van der Waals surface area contributed by atoms with Crippen molar-refractivity contribution < 1.29 is 4.74 Å². The highest BCUT2D eigenvalue weighted by atomic mass is 16.5. The summed E-state index contributed by atoms with van der Waals surface area (Å²) >= 11 is 0. The standard InChI is InChI=1S/C17H28N2O/c1-13(15-9-5-7-11-17(15)20-3)19(2)16-10-6-4-8-14(16)12-18/h5,7,9,11,13-14,16H,4,6,8,10,12,18H2,1-3H3. The smallest absolute Gasteiger partial charge is 0.123 e. The van der Waals surface area contributed by atoms with Crippen LogP contribution in [0.1, 0.15) is 44.2 Å². The van der Waals surface area contributed by atoms with Crippen LogP contribution < -0.4 is 10.5 Å². The first-order valence-corrected chi connectivity index (χ1v) is 7.74. The Morgan fingerprint density at radius 1 is 1.30 bits per heavy atom. The molecule has 0 amide bonds. The minimum absolute atomic E-state index is 0.350. The van der Waals surface area contributed by atoms with Crippen molar-refractivity contribution in [3.63, 3.8) is 0 Å². The largest absolute Gasteiger partial charge is 0.496 e. The van der Waals surface area contributed by atoms with Crippen LogP contribution >= 0.6 is 0 Å². The fraction of sp³-hybridized carbons (Fsp3) is 0.647. The van der Waals surface area contributed by atoms with Gasteiger partial charge in [0.2, 0.25) is 0 Å². The number of hydrogen-bond acceptors (Lipinski definition) is 3. The molecule has 0 aliphatic heterocycles. The van der Waals surface area contributed by atoms with E-state index in [9.17, 15) is 0 Å². The maximum absolute atomic E-state index is 5.97. The Labute approximate surface area is 123 Å². The molecule has 1 fully saturated rings. The average Bonchev–Trinajstić information content (AvgIpc) is 2.53. The predicted octanol–water partition coefficient (Wildman–Crippen LogP) is 3.21. The lowest BCUT2D eigenvalue weighted by Crippen LogP contribution is -2.44. The summed E-state index contributed by atoms with van der Waals surface area (Å²) in [7, 11) is 3.98. The van der Waals surface area contributed by atoms with Crippen molar-refractivity contribution in [2.45, 2.75) is 44.7 Å². The SMILES string of the molecule is COc1ccccc1C(C)N(C)C1CCCCC1CN. The van der Waals surface area contributed by atoms with Crippen LogP contribution in [0.4, 0.5) is 0 Å². The first-order valence-electron chi connectivity index (χ1n) is 7.74. The van der Waals surface area contributed by atoms with E-state index in [4.69, 9.17) is 10.5 Å². The van der Waals surface area contributed by atoms with Crippen LogP contribution in [0.15, 0.2) is 24.3 Å². The summed E-state index contributed by atoms with van der Waals surface area (Å²) in [6.45, 7) is 3.06. The number of nitrogens with zero attached hydrogens (tertiary/aromatic N) is 1. The second kappa shape index (κ2) is 7.09. The molecule has 1 aromatic carbocycles. The molecule has 1 aliphatic carbocycles. The van der Waals surface area contributed by atoms with Crippen molar-refractivity contribution in [2.24, 2.45) is 11.7 Å². The Balaban J connectivity index is 2.16. The number of rotatable bonds is 5. The van der Waals surface area contributed by atoms with E-state index >= 15 is 0 Å². The molecule has 20 heavy (non-hydrogen) atoms. The molecule has 0 saturated heterocycles. The quantitative estimate of drug-likeness (QED) is 0.897. The second-order valence-electron chi connectivity index (χ2n) is 5.93. The second-order valence-corrected chi connectivity index (χ2v) is 5.93. The Morgan fingerprint density at radius 3 is 2.70 bits per heavy atom. The van der Waals surface area contributed by atoms with Crippen LogP contribution in [0.5, 0.6) is 5.75 Å². The molecule has 2 N–H and O–H groups in total. The van der Waals surface area contributed by atoms with Gasteiger partial charge in [-0.25, -0.2) is 0 Å². The summed E-state index contributed by atoms with van der Waals surface area (Å²) in [5, 5.41) is 0. The number of ether oxygens (including phenoxy) is 1. The topological polar surface area (TPSA) is 38.5 Å². The van der Waals surface area contributed by atoms with E-state index in [-0.39, 0.29) is 0 Å². The van der Waals surface area contributed by atoms with Gasteiger partial charge in [0.15, 0.2) is 0 Å². The number of hydrogen-bond donors (Lipinski definition) is 1. The van der Waals surface area contributed by atoms with E-state index in [1.54, 1.807) is 7.11 Å². The van der Waals surface area contributed by atoms with Crippen molar-refractivity contribution >= 4 is 0 Å². The third-order valence-corrected chi connectivity index (χ3v) is 4.89. The van der Waals surface area contributed by atoms with Crippen molar-refractivity contribution in [1.82, 2.24) is 4.90 Å². The maximum atomic E-state index is 5.97. The van der Waals surface area contributed by atoms with Gasteiger partial charge >= 0.3 is 0 Å². The molecule has 2 rings (SSSR count). The molecule has 0 aromatic heterocycles. The fourth-order valence-electron chi connectivity index (χ4n) is 3.52. The first-order chi connectivity index (χ1) is 9.69. The molecule has 1 aromatic rings. The van der Waals surface area contributed by atoms with E-state index in [0.717, 1.165) is 12.3 Å². The van der Waals surface area contributed by atoms with E-state index in [1.807, 2.05) is 12.1 Å². The van der Waals surface area contributed by atoms with Gasteiger partial charge < -0.3 is 10.5 Å². The Morgan fingerprint density at radius 2 is 2.00 bits per heavy atom. The lowest BCUT2D eigenvalue weighted by Gasteiger charge is -2.41. The molecular weight excluding hydrogens is 248 g/mol. The lowest BCUT2D eigenvalue weighted by molar-refractivity contribution is 0.0977. The highest BCUT2D eigenvalue weighted by molar-refractivity contribution is 5.35. The van der Waals surface area contributed by atoms with Crippen LogP contribution in [0.3, 0.4) is 0 Å². The molecule has 3 unspecified atom stereocenters. The normalized spacial score (nSPS) is 24.6. The third-order valence-electron chi connectivity index (χ3n) is 4.89. The summed E-state index contributed by atoms with van der Waals surface area (Å²) in [4.78, 5) is 2.49. The Hall–Kier alpha value is -1.06. The minimum atomic E-state index is 0.350. The minimum Gasteiger partial charge on any atom is -0.496 e. The molecule has 3 nitrogen and oxygen atoms in total. The number of para-hydroxylation sites is 1. The summed E-state index contributed by atoms with van der Waals surface area (Å²) in [6, 6.07) is 9.26. The molecule has 3 atom stereocenters. The highest BCUT2D eigenvalue weighted by Gasteiger charge is 2.30. The van der Waals surface area contributed by atoms with Crippen LogP contribution in [0.2, 0.25) is 0 Å². The Bertz CT molecular complexity index is 421. The van der Waals surface area contributed by atoms with Crippen LogP contribution in [-0.2, 0) is 0 Å². The number of benzene rings is 1. The van der Waals surface area contributed by atoms with Gasteiger partial charge in [0.25, 0.3) is 0 Å². The van der Waals surface area contributed by atoms with Crippen molar-refractivity contribution in [3.05, 3.63) is 29.8 Å². The molecular formula is C17H28N2O. The van der Waals surface area contributed by atoms with Crippen molar-refractivity contribution in [1.29, 1.82) is 0 Å². The summed E-state index contributed by atoms with van der Waals surface area (Å²) in [5.41, 5.74) is 7.24. The van der Waals surface area contributed by atoms with Crippen LogP contribution in [-0.4, -0.2) is 31.6 Å². The lowest BCUT2D eigenvalue weighted by atomic mass is 9.83. The molecule has 0 radical (unpaired) electrons. The molecule has 0 spiro atoms. The average molecular weight is 276 g/mol. The third kappa shape index (κ3) is 3.15. The van der Waals surface area contributed by atoms with Gasteiger partial charge in [0.05, 0.1) is 7.11 Å². The molecule has 3 heteroatoms. The summed E-state index contributed by atoms with van der Waals surface area (Å²) < 4.78 is 5.51. The zero-order valence-electron chi connectivity index (χ0n) is 13.0. The maximum Gasteiger partial charge on any atom is 0.123 e. The molecule has 0 heterocycles. The van der Waals surface area contributed by atoms with Crippen molar-refractivity contribution in [2.75, 3.05) is 20.7 Å². The zero-order chi connectivity index (χ0) is 14.5. The summed E-state index contributed by atoms with van der Waals surface area (Å²) in [6.07, 6.45) is 5.18.